The maximum atomic E-state index is 11.4. The lowest BCUT2D eigenvalue weighted by molar-refractivity contribution is -0.125. The molecule has 0 heterocycles. The van der Waals surface area contributed by atoms with E-state index in [-0.39, 0.29) is 23.0 Å². The van der Waals surface area contributed by atoms with Crippen molar-refractivity contribution in [3.8, 4) is 0 Å². The zero-order valence-electron chi connectivity index (χ0n) is 10.0. The number of hydrazine groups is 1. The van der Waals surface area contributed by atoms with Gasteiger partial charge < -0.3 is 5.43 Å². The summed E-state index contributed by atoms with van der Waals surface area (Å²) in [5.74, 6) is -0.180. The number of ketones is 1. The first-order valence-corrected chi connectivity index (χ1v) is 5.01. The number of nitrogens with one attached hydrogen (secondary N) is 2. The van der Waals surface area contributed by atoms with E-state index in [9.17, 15) is 9.59 Å². The third-order valence-corrected chi connectivity index (χ3v) is 1.78. The van der Waals surface area contributed by atoms with E-state index in [0.29, 0.717) is 0 Å². The SMILES string of the molecule is CC(C)C(=O)NNC=CC(=O)C(C)(C)C. The van der Waals surface area contributed by atoms with E-state index in [2.05, 4.69) is 10.9 Å². The molecule has 4 nitrogen and oxygen atoms in total. The molecule has 0 atom stereocenters. The van der Waals surface area contributed by atoms with Crippen LogP contribution < -0.4 is 10.9 Å². The van der Waals surface area contributed by atoms with E-state index in [4.69, 9.17) is 0 Å². The molecule has 0 rings (SSSR count). The summed E-state index contributed by atoms with van der Waals surface area (Å²) < 4.78 is 0. The third kappa shape index (κ3) is 5.88. The molecule has 0 aliphatic heterocycles. The normalized spacial score (nSPS) is 11.9. The Morgan fingerprint density at radius 3 is 2.13 bits per heavy atom. The Hall–Kier alpha value is -1.32. The van der Waals surface area contributed by atoms with Crippen LogP contribution in [0.2, 0.25) is 0 Å². The molecule has 0 radical (unpaired) electrons. The van der Waals surface area contributed by atoms with Crippen LogP contribution in [0.4, 0.5) is 0 Å². The summed E-state index contributed by atoms with van der Waals surface area (Å²) in [6, 6.07) is 0. The number of allylic oxidation sites excluding steroid dienone is 1. The van der Waals surface area contributed by atoms with Crippen LogP contribution >= 0.6 is 0 Å². The zero-order chi connectivity index (χ0) is 12.1. The van der Waals surface area contributed by atoms with Crippen molar-refractivity contribution in [1.29, 1.82) is 0 Å². The Balaban J connectivity index is 3.93. The van der Waals surface area contributed by atoms with Gasteiger partial charge in [-0.05, 0) is 6.08 Å². The number of hydrogen-bond acceptors (Lipinski definition) is 3. The summed E-state index contributed by atoms with van der Waals surface area (Å²) in [4.78, 5) is 22.5. The molecule has 0 spiro atoms. The van der Waals surface area contributed by atoms with Crippen molar-refractivity contribution in [3.63, 3.8) is 0 Å². The number of rotatable bonds is 4. The fourth-order valence-electron chi connectivity index (χ4n) is 0.624. The zero-order valence-corrected chi connectivity index (χ0v) is 10.0. The van der Waals surface area contributed by atoms with E-state index in [1.165, 1.54) is 12.3 Å². The van der Waals surface area contributed by atoms with Crippen LogP contribution in [0.25, 0.3) is 0 Å². The minimum Gasteiger partial charge on any atom is -0.306 e. The quantitative estimate of drug-likeness (QED) is 0.547. The van der Waals surface area contributed by atoms with Gasteiger partial charge in [0.1, 0.15) is 0 Å². The lowest BCUT2D eigenvalue weighted by Crippen LogP contribution is -2.36. The monoisotopic (exact) mass is 212 g/mol. The van der Waals surface area contributed by atoms with Gasteiger partial charge in [0.2, 0.25) is 5.91 Å². The first kappa shape index (κ1) is 13.7. The lowest BCUT2D eigenvalue weighted by atomic mass is 9.91. The predicted molar refractivity (Wildman–Crippen MR) is 59.7 cm³/mol. The molecular formula is C11H20N2O2. The third-order valence-electron chi connectivity index (χ3n) is 1.78. The van der Waals surface area contributed by atoms with Gasteiger partial charge >= 0.3 is 0 Å². The lowest BCUT2D eigenvalue weighted by Gasteiger charge is -2.13. The second-order valence-electron chi connectivity index (χ2n) is 4.74. The summed E-state index contributed by atoms with van der Waals surface area (Å²) in [6.07, 6.45) is 2.86. The van der Waals surface area contributed by atoms with E-state index in [1.54, 1.807) is 13.8 Å². The average molecular weight is 212 g/mol. The molecule has 1 amide bonds. The van der Waals surface area contributed by atoms with Crippen LogP contribution in [0.15, 0.2) is 12.3 Å². The summed E-state index contributed by atoms with van der Waals surface area (Å²) in [5.41, 5.74) is 4.64. The molecule has 0 aliphatic rings. The van der Waals surface area contributed by atoms with Gasteiger partial charge in [-0.1, -0.05) is 34.6 Å². The molecule has 0 saturated carbocycles. The number of carbonyl (C=O) groups is 2. The van der Waals surface area contributed by atoms with Crippen LogP contribution in [0, 0.1) is 11.3 Å². The summed E-state index contributed by atoms with van der Waals surface area (Å²) in [7, 11) is 0. The van der Waals surface area contributed by atoms with Crippen LogP contribution in [0.3, 0.4) is 0 Å². The van der Waals surface area contributed by atoms with Crippen LogP contribution in [-0.2, 0) is 9.59 Å². The van der Waals surface area contributed by atoms with Crippen molar-refractivity contribution in [2.45, 2.75) is 34.6 Å². The maximum absolute atomic E-state index is 11.4. The Morgan fingerprint density at radius 1 is 1.20 bits per heavy atom. The Morgan fingerprint density at radius 2 is 1.73 bits per heavy atom. The highest BCUT2D eigenvalue weighted by atomic mass is 16.2. The fourth-order valence-corrected chi connectivity index (χ4v) is 0.624. The molecule has 86 valence electrons. The Labute approximate surface area is 91.1 Å². The molecule has 0 fully saturated rings. The Bertz CT molecular complexity index is 262. The molecule has 0 aliphatic carbocycles. The minimum absolute atomic E-state index is 0.00814. The van der Waals surface area contributed by atoms with Gasteiger partial charge in [0.05, 0.1) is 0 Å². The maximum Gasteiger partial charge on any atom is 0.240 e. The molecule has 0 saturated heterocycles. The highest BCUT2D eigenvalue weighted by Crippen LogP contribution is 2.14. The van der Waals surface area contributed by atoms with Crippen LogP contribution in [0.1, 0.15) is 34.6 Å². The largest absolute Gasteiger partial charge is 0.306 e. The molecule has 0 unspecified atom stereocenters. The fraction of sp³-hybridized carbons (Fsp3) is 0.636. The molecule has 0 bridgehead atoms. The van der Waals surface area contributed by atoms with E-state index in [0.717, 1.165) is 0 Å². The van der Waals surface area contributed by atoms with Gasteiger partial charge in [-0.15, -0.1) is 0 Å². The van der Waals surface area contributed by atoms with E-state index in [1.807, 2.05) is 20.8 Å². The number of hydrogen-bond donors (Lipinski definition) is 2. The van der Waals surface area contributed by atoms with Gasteiger partial charge in [-0.2, -0.15) is 0 Å². The first-order chi connectivity index (χ1) is 6.75. The first-order valence-electron chi connectivity index (χ1n) is 5.01. The highest BCUT2D eigenvalue weighted by Gasteiger charge is 2.17. The molecule has 0 aromatic carbocycles. The molecule has 0 aromatic rings. The smallest absolute Gasteiger partial charge is 0.240 e. The second kappa shape index (κ2) is 5.53. The summed E-state index contributed by atoms with van der Waals surface area (Å²) in [5, 5.41) is 0. The van der Waals surface area contributed by atoms with Crippen molar-refractivity contribution in [2.75, 3.05) is 0 Å². The standard InChI is InChI=1S/C11H20N2O2/c1-8(2)10(15)13-12-7-6-9(14)11(3,4)5/h6-8,12H,1-5H3,(H,13,15). The predicted octanol–water partition coefficient (Wildman–Crippen LogP) is 1.39. The van der Waals surface area contributed by atoms with Crippen molar-refractivity contribution >= 4 is 11.7 Å². The highest BCUT2D eigenvalue weighted by molar-refractivity contribution is 5.93. The van der Waals surface area contributed by atoms with Gasteiger partial charge in [-0.25, -0.2) is 0 Å². The minimum atomic E-state index is -0.389. The molecule has 0 aromatic heterocycles. The molecule has 4 heteroatoms. The topological polar surface area (TPSA) is 58.2 Å². The molecule has 15 heavy (non-hydrogen) atoms. The van der Waals surface area contributed by atoms with Gasteiger partial charge in [-0.3, -0.25) is 15.0 Å². The van der Waals surface area contributed by atoms with Crippen molar-refractivity contribution in [3.05, 3.63) is 12.3 Å². The van der Waals surface area contributed by atoms with Gasteiger partial charge in [0.25, 0.3) is 0 Å². The number of amides is 1. The van der Waals surface area contributed by atoms with E-state index >= 15 is 0 Å². The molecular weight excluding hydrogens is 192 g/mol. The van der Waals surface area contributed by atoms with Crippen LogP contribution in [0.5, 0.6) is 0 Å². The van der Waals surface area contributed by atoms with Crippen molar-refractivity contribution in [1.82, 2.24) is 10.9 Å². The summed E-state index contributed by atoms with van der Waals surface area (Å²) in [6.45, 7) is 9.10. The number of carbonyl (C=O) groups excluding carboxylic acids is 2. The second-order valence-corrected chi connectivity index (χ2v) is 4.74. The van der Waals surface area contributed by atoms with Gasteiger partial charge in [0.15, 0.2) is 5.78 Å². The van der Waals surface area contributed by atoms with Crippen molar-refractivity contribution < 1.29 is 9.59 Å². The van der Waals surface area contributed by atoms with Crippen molar-refractivity contribution in [2.24, 2.45) is 11.3 Å². The van der Waals surface area contributed by atoms with Crippen LogP contribution in [-0.4, -0.2) is 11.7 Å². The van der Waals surface area contributed by atoms with E-state index < -0.39 is 0 Å². The summed E-state index contributed by atoms with van der Waals surface area (Å²) >= 11 is 0. The van der Waals surface area contributed by atoms with Gasteiger partial charge in [0, 0.05) is 17.5 Å². The molecule has 2 N–H and O–H groups in total. The Kier molecular flexibility index (Phi) is 5.05. The average Bonchev–Trinajstić information content (AvgIpc) is 2.09.